The molecule has 0 saturated carbocycles. The van der Waals surface area contributed by atoms with Crippen molar-refractivity contribution >= 4 is 5.91 Å². The van der Waals surface area contributed by atoms with Crippen molar-refractivity contribution < 1.29 is 18.7 Å². The molecule has 1 amide bonds. The van der Waals surface area contributed by atoms with Crippen molar-refractivity contribution in [2.75, 3.05) is 27.7 Å². The highest BCUT2D eigenvalue weighted by Crippen LogP contribution is 2.21. The molecule has 0 aliphatic carbocycles. The van der Waals surface area contributed by atoms with Crippen LogP contribution in [-0.2, 0) is 6.61 Å². The van der Waals surface area contributed by atoms with Crippen LogP contribution >= 0.6 is 0 Å². The van der Waals surface area contributed by atoms with Gasteiger partial charge in [-0.05, 0) is 56.1 Å². The van der Waals surface area contributed by atoms with Crippen molar-refractivity contribution in [1.29, 1.82) is 0 Å². The van der Waals surface area contributed by atoms with E-state index in [-0.39, 0.29) is 24.3 Å². The van der Waals surface area contributed by atoms with E-state index < -0.39 is 0 Å². The van der Waals surface area contributed by atoms with E-state index in [2.05, 4.69) is 10.2 Å². The lowest BCUT2D eigenvalue weighted by Gasteiger charge is -2.25. The molecule has 1 unspecified atom stereocenters. The molecular formula is C23H26N2O4. The van der Waals surface area contributed by atoms with Crippen molar-refractivity contribution in [1.82, 2.24) is 10.2 Å². The van der Waals surface area contributed by atoms with Crippen LogP contribution in [0, 0.1) is 0 Å². The number of rotatable bonds is 9. The van der Waals surface area contributed by atoms with E-state index in [9.17, 15) is 4.79 Å². The normalized spacial score (nSPS) is 11.9. The Balaban J connectivity index is 1.56. The Labute approximate surface area is 171 Å². The summed E-state index contributed by atoms with van der Waals surface area (Å²) < 4.78 is 16.5. The molecule has 0 bridgehead atoms. The van der Waals surface area contributed by atoms with Gasteiger partial charge in [-0.25, -0.2) is 0 Å². The molecule has 29 heavy (non-hydrogen) atoms. The first-order valence-electron chi connectivity index (χ1n) is 9.42. The average molecular weight is 394 g/mol. The number of nitrogens with zero attached hydrogens (tertiary/aromatic N) is 1. The van der Waals surface area contributed by atoms with Crippen LogP contribution < -0.4 is 14.8 Å². The van der Waals surface area contributed by atoms with Crippen molar-refractivity contribution in [2.45, 2.75) is 12.6 Å². The molecule has 6 heteroatoms. The Hall–Kier alpha value is -3.25. The second-order valence-electron chi connectivity index (χ2n) is 6.83. The molecule has 3 aromatic rings. The number of carbonyl (C=O) groups excluding carboxylic acids is 1. The van der Waals surface area contributed by atoms with Crippen LogP contribution in [0.25, 0.3) is 0 Å². The maximum Gasteiger partial charge on any atom is 0.287 e. The van der Waals surface area contributed by atoms with Gasteiger partial charge < -0.3 is 24.1 Å². The molecule has 6 nitrogen and oxygen atoms in total. The predicted molar refractivity (Wildman–Crippen MR) is 111 cm³/mol. The van der Waals surface area contributed by atoms with Gasteiger partial charge in [0.25, 0.3) is 5.91 Å². The summed E-state index contributed by atoms with van der Waals surface area (Å²) in [5.74, 6) is 2.16. The van der Waals surface area contributed by atoms with Crippen molar-refractivity contribution in [3.8, 4) is 11.5 Å². The Kier molecular flexibility index (Phi) is 6.92. The maximum absolute atomic E-state index is 12.5. The Bertz CT molecular complexity index is 904. The zero-order valence-corrected chi connectivity index (χ0v) is 16.9. The third-order valence-corrected chi connectivity index (χ3v) is 4.59. The molecule has 152 valence electrons. The van der Waals surface area contributed by atoms with Crippen molar-refractivity contribution in [2.24, 2.45) is 0 Å². The van der Waals surface area contributed by atoms with Gasteiger partial charge in [0.05, 0.1) is 13.2 Å². The van der Waals surface area contributed by atoms with Crippen LogP contribution in [0.3, 0.4) is 0 Å². The monoisotopic (exact) mass is 394 g/mol. The van der Waals surface area contributed by atoms with E-state index >= 15 is 0 Å². The molecule has 1 N–H and O–H groups in total. The summed E-state index contributed by atoms with van der Waals surface area (Å²) >= 11 is 0. The van der Waals surface area contributed by atoms with E-state index in [1.165, 1.54) is 0 Å². The molecule has 1 heterocycles. The minimum absolute atomic E-state index is 0.0284. The Morgan fingerprint density at radius 3 is 2.38 bits per heavy atom. The zero-order chi connectivity index (χ0) is 20.6. The number of methoxy groups -OCH3 is 1. The highest BCUT2D eigenvalue weighted by molar-refractivity contribution is 5.91. The fourth-order valence-electron chi connectivity index (χ4n) is 2.95. The van der Waals surface area contributed by atoms with Crippen LogP contribution in [0.15, 0.2) is 71.1 Å². The summed E-state index contributed by atoms with van der Waals surface area (Å²) in [5.41, 5.74) is 1.09. The van der Waals surface area contributed by atoms with Gasteiger partial charge in [0.1, 0.15) is 23.9 Å². The topological polar surface area (TPSA) is 63.9 Å². The summed E-state index contributed by atoms with van der Waals surface area (Å²) in [4.78, 5) is 14.6. The Morgan fingerprint density at radius 2 is 1.72 bits per heavy atom. The largest absolute Gasteiger partial charge is 0.497 e. The first-order valence-corrected chi connectivity index (χ1v) is 9.42. The Morgan fingerprint density at radius 1 is 1.00 bits per heavy atom. The molecule has 3 rings (SSSR count). The number of carbonyl (C=O) groups is 1. The third-order valence-electron chi connectivity index (χ3n) is 4.59. The van der Waals surface area contributed by atoms with Crippen LogP contribution in [-0.4, -0.2) is 38.6 Å². The molecular weight excluding hydrogens is 368 g/mol. The van der Waals surface area contributed by atoms with Gasteiger partial charge in [-0.1, -0.05) is 30.3 Å². The van der Waals surface area contributed by atoms with Crippen LogP contribution in [0.1, 0.15) is 27.9 Å². The summed E-state index contributed by atoms with van der Waals surface area (Å²) in [6, 6.07) is 20.8. The quantitative estimate of drug-likeness (QED) is 0.596. The van der Waals surface area contributed by atoms with Gasteiger partial charge >= 0.3 is 0 Å². The first-order chi connectivity index (χ1) is 14.1. The number of nitrogens with one attached hydrogen (secondary N) is 1. The highest BCUT2D eigenvalue weighted by atomic mass is 16.5. The molecule has 0 aliphatic rings. The molecule has 0 saturated heterocycles. The number of likely N-dealkylation sites (N-methyl/N-ethyl adjacent to an activating group) is 1. The molecule has 0 fully saturated rings. The first kappa shape index (κ1) is 20.5. The zero-order valence-electron chi connectivity index (χ0n) is 16.9. The summed E-state index contributed by atoms with van der Waals surface area (Å²) in [6.45, 7) is 0.720. The van der Waals surface area contributed by atoms with E-state index in [4.69, 9.17) is 13.9 Å². The second-order valence-corrected chi connectivity index (χ2v) is 6.83. The van der Waals surface area contributed by atoms with E-state index in [1.54, 1.807) is 19.2 Å². The van der Waals surface area contributed by atoms with E-state index in [0.29, 0.717) is 12.3 Å². The minimum Gasteiger partial charge on any atom is -0.497 e. The standard InChI is InChI=1S/C23H26N2O4/c1-25(2)21(17-9-11-18(27-3)12-10-17)15-24-23(26)22-14-13-20(29-22)16-28-19-7-5-4-6-8-19/h4-14,21H,15-16H2,1-3H3,(H,24,26). The summed E-state index contributed by atoms with van der Waals surface area (Å²) in [5, 5.41) is 2.95. The molecule has 2 aromatic carbocycles. The van der Waals surface area contributed by atoms with Crippen molar-refractivity contribution in [3.05, 3.63) is 83.8 Å². The molecule has 0 radical (unpaired) electrons. The molecule has 1 aromatic heterocycles. The molecule has 0 spiro atoms. The molecule has 0 aliphatic heterocycles. The van der Waals surface area contributed by atoms with E-state index in [1.807, 2.05) is 68.7 Å². The van der Waals surface area contributed by atoms with Gasteiger partial charge in [-0.3, -0.25) is 4.79 Å². The van der Waals surface area contributed by atoms with Crippen molar-refractivity contribution in [3.63, 3.8) is 0 Å². The van der Waals surface area contributed by atoms with Crippen LogP contribution in [0.2, 0.25) is 0 Å². The number of amides is 1. The van der Waals surface area contributed by atoms with Crippen LogP contribution in [0.4, 0.5) is 0 Å². The summed E-state index contributed by atoms with van der Waals surface area (Å²) in [6.07, 6.45) is 0. The highest BCUT2D eigenvalue weighted by Gasteiger charge is 2.18. The fraction of sp³-hybridized carbons (Fsp3) is 0.261. The van der Waals surface area contributed by atoms with Crippen LogP contribution in [0.5, 0.6) is 11.5 Å². The lowest BCUT2D eigenvalue weighted by Crippen LogP contribution is -2.34. The lowest BCUT2D eigenvalue weighted by atomic mass is 10.1. The lowest BCUT2D eigenvalue weighted by molar-refractivity contribution is 0.0910. The number of hydrogen-bond acceptors (Lipinski definition) is 5. The van der Waals surface area contributed by atoms with Gasteiger partial charge in [-0.2, -0.15) is 0 Å². The average Bonchev–Trinajstić information content (AvgIpc) is 3.22. The summed E-state index contributed by atoms with van der Waals surface area (Å²) in [7, 11) is 5.60. The smallest absolute Gasteiger partial charge is 0.287 e. The predicted octanol–water partition coefficient (Wildman–Crippen LogP) is 3.90. The third kappa shape index (κ3) is 5.62. The maximum atomic E-state index is 12.5. The SMILES string of the molecule is COc1ccc(C(CNC(=O)c2ccc(COc3ccccc3)o2)N(C)C)cc1. The van der Waals surface area contributed by atoms with Gasteiger partial charge in [0.15, 0.2) is 5.76 Å². The minimum atomic E-state index is -0.253. The fourth-order valence-corrected chi connectivity index (χ4v) is 2.95. The number of benzene rings is 2. The van der Waals surface area contributed by atoms with Gasteiger partial charge in [-0.15, -0.1) is 0 Å². The number of para-hydroxylation sites is 1. The number of hydrogen-bond donors (Lipinski definition) is 1. The van der Waals surface area contributed by atoms with E-state index in [0.717, 1.165) is 17.1 Å². The van der Waals surface area contributed by atoms with Gasteiger partial charge in [0, 0.05) is 6.54 Å². The molecule has 1 atom stereocenters. The number of furan rings is 1. The second kappa shape index (κ2) is 9.80. The van der Waals surface area contributed by atoms with Gasteiger partial charge in [0.2, 0.25) is 0 Å². The number of ether oxygens (including phenoxy) is 2.